The zero-order valence-corrected chi connectivity index (χ0v) is 17.0. The van der Waals surface area contributed by atoms with Gasteiger partial charge in [0.1, 0.15) is 5.75 Å². The maximum absolute atomic E-state index is 11.9. The van der Waals surface area contributed by atoms with Gasteiger partial charge in [-0.3, -0.25) is 9.59 Å². The van der Waals surface area contributed by atoms with Gasteiger partial charge >= 0.3 is 11.8 Å². The summed E-state index contributed by atoms with van der Waals surface area (Å²) < 4.78 is 5.34. The highest BCUT2D eigenvalue weighted by Crippen LogP contribution is 2.15. The highest BCUT2D eigenvalue weighted by molar-refractivity contribution is 6.39. The Balaban J connectivity index is 2.05. The van der Waals surface area contributed by atoms with E-state index in [0.717, 1.165) is 18.6 Å². The van der Waals surface area contributed by atoms with Gasteiger partial charge in [-0.2, -0.15) is 0 Å². The van der Waals surface area contributed by atoms with Crippen molar-refractivity contribution < 1.29 is 14.3 Å². The standard InChI is InChI=1S/C22H36N2O3/c1-3-5-6-7-8-9-10-11-12-13-18-23-21(25)22(26)24-19-14-16-20(17-15-19)27-4-2/h14-17H,3-13,18H2,1-2H3,(H,23,25)(H,24,26). The minimum atomic E-state index is -0.633. The molecule has 2 amide bonds. The molecule has 0 aliphatic rings. The number of unbranched alkanes of at least 4 members (excludes halogenated alkanes) is 9. The van der Waals surface area contributed by atoms with E-state index in [4.69, 9.17) is 4.74 Å². The summed E-state index contributed by atoms with van der Waals surface area (Å²) in [5, 5.41) is 5.28. The molecular formula is C22H36N2O3. The maximum atomic E-state index is 11.9. The molecule has 0 bridgehead atoms. The molecule has 0 radical (unpaired) electrons. The van der Waals surface area contributed by atoms with Crippen molar-refractivity contribution >= 4 is 17.5 Å². The quantitative estimate of drug-likeness (QED) is 0.352. The van der Waals surface area contributed by atoms with Gasteiger partial charge in [0.05, 0.1) is 6.61 Å². The van der Waals surface area contributed by atoms with Gasteiger partial charge in [-0.1, -0.05) is 64.7 Å². The maximum Gasteiger partial charge on any atom is 0.313 e. The summed E-state index contributed by atoms with van der Waals surface area (Å²) in [7, 11) is 0. The van der Waals surface area contributed by atoms with E-state index in [9.17, 15) is 9.59 Å². The van der Waals surface area contributed by atoms with Crippen molar-refractivity contribution in [3.63, 3.8) is 0 Å². The summed E-state index contributed by atoms with van der Waals surface area (Å²) in [6, 6.07) is 6.97. The molecule has 1 aromatic carbocycles. The normalized spacial score (nSPS) is 10.4. The molecule has 27 heavy (non-hydrogen) atoms. The predicted octanol–water partition coefficient (Wildman–Crippen LogP) is 5.06. The Morgan fingerprint density at radius 3 is 1.89 bits per heavy atom. The fourth-order valence-corrected chi connectivity index (χ4v) is 2.88. The van der Waals surface area contributed by atoms with E-state index in [1.807, 2.05) is 6.92 Å². The van der Waals surface area contributed by atoms with E-state index < -0.39 is 11.8 Å². The molecule has 152 valence electrons. The van der Waals surface area contributed by atoms with Crippen molar-refractivity contribution in [3.8, 4) is 5.75 Å². The van der Waals surface area contributed by atoms with Crippen molar-refractivity contribution in [2.75, 3.05) is 18.5 Å². The summed E-state index contributed by atoms with van der Waals surface area (Å²) in [6.07, 6.45) is 12.5. The molecule has 0 atom stereocenters. The molecule has 5 heteroatoms. The Labute approximate surface area is 164 Å². The van der Waals surface area contributed by atoms with Gasteiger partial charge in [0, 0.05) is 12.2 Å². The average molecular weight is 377 g/mol. The molecule has 0 unspecified atom stereocenters. The Morgan fingerprint density at radius 1 is 0.778 bits per heavy atom. The SMILES string of the molecule is CCCCCCCCCCCCNC(=O)C(=O)Nc1ccc(OCC)cc1. The van der Waals surface area contributed by atoms with Gasteiger partial charge < -0.3 is 15.4 Å². The predicted molar refractivity (Wildman–Crippen MR) is 111 cm³/mol. The second-order valence-electron chi connectivity index (χ2n) is 6.85. The monoisotopic (exact) mass is 376 g/mol. The van der Waals surface area contributed by atoms with Crippen LogP contribution in [0.25, 0.3) is 0 Å². The number of nitrogens with one attached hydrogen (secondary N) is 2. The minimum Gasteiger partial charge on any atom is -0.494 e. The third-order valence-electron chi connectivity index (χ3n) is 4.45. The van der Waals surface area contributed by atoms with Crippen LogP contribution in [0, 0.1) is 0 Å². The third kappa shape index (κ3) is 11.3. The number of amides is 2. The van der Waals surface area contributed by atoms with Crippen LogP contribution in [0.5, 0.6) is 5.75 Å². The zero-order chi connectivity index (χ0) is 19.7. The van der Waals surface area contributed by atoms with Gasteiger partial charge in [0.2, 0.25) is 0 Å². The van der Waals surface area contributed by atoms with E-state index >= 15 is 0 Å². The highest BCUT2D eigenvalue weighted by atomic mass is 16.5. The van der Waals surface area contributed by atoms with Crippen molar-refractivity contribution in [2.45, 2.75) is 78.1 Å². The molecule has 5 nitrogen and oxygen atoms in total. The van der Waals surface area contributed by atoms with Gasteiger partial charge in [-0.25, -0.2) is 0 Å². The number of ether oxygens (including phenoxy) is 1. The molecule has 1 rings (SSSR count). The van der Waals surface area contributed by atoms with Crippen LogP contribution in [0.15, 0.2) is 24.3 Å². The zero-order valence-electron chi connectivity index (χ0n) is 17.0. The number of hydrogen-bond donors (Lipinski definition) is 2. The van der Waals surface area contributed by atoms with Gasteiger partial charge in [0.15, 0.2) is 0 Å². The lowest BCUT2D eigenvalue weighted by Crippen LogP contribution is -2.35. The molecule has 0 fully saturated rings. The fraction of sp³-hybridized carbons (Fsp3) is 0.636. The van der Waals surface area contributed by atoms with E-state index in [0.29, 0.717) is 18.8 Å². The molecule has 0 aliphatic carbocycles. The van der Waals surface area contributed by atoms with Crippen molar-refractivity contribution in [2.24, 2.45) is 0 Å². The molecule has 0 saturated carbocycles. The van der Waals surface area contributed by atoms with Crippen molar-refractivity contribution in [1.29, 1.82) is 0 Å². The van der Waals surface area contributed by atoms with Crippen LogP contribution in [0.2, 0.25) is 0 Å². The van der Waals surface area contributed by atoms with Crippen LogP contribution in [-0.2, 0) is 9.59 Å². The molecule has 0 aromatic heterocycles. The Morgan fingerprint density at radius 2 is 1.33 bits per heavy atom. The summed E-state index contributed by atoms with van der Waals surface area (Å²) >= 11 is 0. The average Bonchev–Trinajstić information content (AvgIpc) is 2.67. The second kappa shape index (κ2) is 15.1. The number of carbonyl (C=O) groups is 2. The number of benzene rings is 1. The molecule has 1 aromatic rings. The Kier molecular flexibility index (Phi) is 12.8. The first-order chi connectivity index (χ1) is 13.2. The van der Waals surface area contributed by atoms with Crippen LogP contribution in [0.4, 0.5) is 5.69 Å². The second-order valence-corrected chi connectivity index (χ2v) is 6.85. The molecule has 0 spiro atoms. The smallest absolute Gasteiger partial charge is 0.313 e. The van der Waals surface area contributed by atoms with Crippen LogP contribution in [0.1, 0.15) is 78.1 Å². The topological polar surface area (TPSA) is 67.4 Å². The first-order valence-electron chi connectivity index (χ1n) is 10.5. The van der Waals surface area contributed by atoms with Crippen LogP contribution in [0.3, 0.4) is 0 Å². The Bertz CT molecular complexity index is 529. The number of rotatable bonds is 14. The molecule has 0 saturated heterocycles. The van der Waals surface area contributed by atoms with Crippen molar-refractivity contribution in [1.82, 2.24) is 5.32 Å². The van der Waals surface area contributed by atoms with Crippen LogP contribution in [-0.4, -0.2) is 25.0 Å². The van der Waals surface area contributed by atoms with E-state index in [2.05, 4.69) is 17.6 Å². The van der Waals surface area contributed by atoms with E-state index in [1.54, 1.807) is 24.3 Å². The highest BCUT2D eigenvalue weighted by Gasteiger charge is 2.12. The first-order valence-corrected chi connectivity index (χ1v) is 10.5. The summed E-state index contributed by atoms with van der Waals surface area (Å²) in [5.74, 6) is -0.480. The molecule has 0 aliphatic heterocycles. The number of carbonyl (C=O) groups excluding carboxylic acids is 2. The van der Waals surface area contributed by atoms with Crippen molar-refractivity contribution in [3.05, 3.63) is 24.3 Å². The number of hydrogen-bond acceptors (Lipinski definition) is 3. The summed E-state index contributed by atoms with van der Waals surface area (Å²) in [5.41, 5.74) is 0.581. The summed E-state index contributed by atoms with van der Waals surface area (Å²) in [6.45, 7) is 5.29. The Hall–Kier alpha value is -2.04. The summed E-state index contributed by atoms with van der Waals surface area (Å²) in [4.78, 5) is 23.7. The lowest BCUT2D eigenvalue weighted by atomic mass is 10.1. The van der Waals surface area contributed by atoms with Gasteiger partial charge in [0.25, 0.3) is 0 Å². The van der Waals surface area contributed by atoms with Gasteiger partial charge in [-0.15, -0.1) is 0 Å². The van der Waals surface area contributed by atoms with Crippen LogP contribution < -0.4 is 15.4 Å². The number of anilines is 1. The van der Waals surface area contributed by atoms with Gasteiger partial charge in [-0.05, 0) is 37.6 Å². The lowest BCUT2D eigenvalue weighted by molar-refractivity contribution is -0.136. The molecule has 2 N–H and O–H groups in total. The van der Waals surface area contributed by atoms with E-state index in [-0.39, 0.29) is 0 Å². The largest absolute Gasteiger partial charge is 0.494 e. The molecular weight excluding hydrogens is 340 g/mol. The van der Waals surface area contributed by atoms with Crippen LogP contribution >= 0.6 is 0 Å². The fourth-order valence-electron chi connectivity index (χ4n) is 2.88. The van der Waals surface area contributed by atoms with E-state index in [1.165, 1.54) is 51.4 Å². The lowest BCUT2D eigenvalue weighted by Gasteiger charge is -2.08. The molecule has 0 heterocycles. The minimum absolute atomic E-state index is 0.548. The third-order valence-corrected chi connectivity index (χ3v) is 4.45. The first kappa shape index (κ1) is 23.0.